The van der Waals surface area contributed by atoms with Crippen LogP contribution in [0.25, 0.3) is 11.1 Å². The molecule has 0 aliphatic carbocycles. The zero-order valence-electron chi connectivity index (χ0n) is 15.7. The molecular formula is C17H17F4N3O5S. The molecule has 1 unspecified atom stereocenters. The Hall–Kier alpha value is -2.80. The van der Waals surface area contributed by atoms with Crippen molar-refractivity contribution >= 4 is 15.7 Å². The number of nitrogens with one attached hydrogen (secondary N) is 1. The van der Waals surface area contributed by atoms with E-state index in [9.17, 15) is 35.6 Å². The number of aryl methyl sites for hydroxylation is 1. The molecule has 13 heteroatoms. The molecule has 0 saturated carbocycles. The largest absolute Gasteiger partial charge is 0.433 e. The lowest BCUT2D eigenvalue weighted by Gasteiger charge is -2.25. The normalized spacial score (nSPS) is 14.2. The van der Waals surface area contributed by atoms with Crippen molar-refractivity contribution in [3.05, 3.63) is 52.5 Å². The molecule has 0 spiro atoms. The van der Waals surface area contributed by atoms with Crippen molar-refractivity contribution < 1.29 is 36.0 Å². The van der Waals surface area contributed by atoms with Gasteiger partial charge in [-0.3, -0.25) is 19.8 Å². The SMILES string of the molecule is CC(CCn1cc(F)c(-c2ccc(C(F)(F)F)nc2)cc1=O)(C(=O)NO)S(C)(=O)=O. The van der Waals surface area contributed by atoms with E-state index >= 15 is 0 Å². The first-order valence-corrected chi connectivity index (χ1v) is 10.2. The van der Waals surface area contributed by atoms with Crippen LogP contribution in [0, 0.1) is 5.82 Å². The van der Waals surface area contributed by atoms with Crippen LogP contribution in [0.15, 0.2) is 35.4 Å². The Bertz CT molecular complexity index is 1110. The van der Waals surface area contributed by atoms with Crippen molar-refractivity contribution in [2.75, 3.05) is 6.26 Å². The predicted molar refractivity (Wildman–Crippen MR) is 96.7 cm³/mol. The van der Waals surface area contributed by atoms with Gasteiger partial charge in [0, 0.05) is 42.4 Å². The Morgan fingerprint density at radius 2 is 1.93 bits per heavy atom. The summed E-state index contributed by atoms with van der Waals surface area (Å²) in [4.78, 5) is 27.3. The third-order valence-corrected chi connectivity index (χ3v) is 6.70. The quantitative estimate of drug-likeness (QED) is 0.393. The van der Waals surface area contributed by atoms with Crippen LogP contribution in [0.1, 0.15) is 19.0 Å². The number of amides is 1. The summed E-state index contributed by atoms with van der Waals surface area (Å²) in [5.74, 6) is -2.19. The van der Waals surface area contributed by atoms with E-state index in [0.29, 0.717) is 6.07 Å². The van der Waals surface area contributed by atoms with E-state index in [1.807, 2.05) is 0 Å². The Labute approximate surface area is 168 Å². The molecule has 0 fully saturated rings. The summed E-state index contributed by atoms with van der Waals surface area (Å²) in [5, 5.41) is 8.79. The zero-order valence-corrected chi connectivity index (χ0v) is 16.5. The third kappa shape index (κ3) is 4.67. The topological polar surface area (TPSA) is 118 Å². The van der Waals surface area contributed by atoms with Gasteiger partial charge < -0.3 is 4.57 Å². The lowest BCUT2D eigenvalue weighted by Crippen LogP contribution is -2.50. The number of pyridine rings is 2. The predicted octanol–water partition coefficient (Wildman–Crippen LogP) is 1.77. The van der Waals surface area contributed by atoms with Gasteiger partial charge in [-0.25, -0.2) is 18.3 Å². The van der Waals surface area contributed by atoms with Crippen LogP contribution in [0.3, 0.4) is 0 Å². The van der Waals surface area contributed by atoms with Crippen LogP contribution >= 0.6 is 0 Å². The monoisotopic (exact) mass is 451 g/mol. The molecule has 0 aliphatic heterocycles. The molecule has 0 aromatic carbocycles. The van der Waals surface area contributed by atoms with Crippen LogP contribution in [0.4, 0.5) is 17.6 Å². The number of aromatic nitrogens is 2. The number of rotatable bonds is 6. The number of hydrogen-bond acceptors (Lipinski definition) is 6. The van der Waals surface area contributed by atoms with Gasteiger partial charge in [0.15, 0.2) is 14.6 Å². The molecule has 30 heavy (non-hydrogen) atoms. The number of hydroxylamine groups is 1. The molecule has 2 aromatic heterocycles. The Morgan fingerprint density at radius 1 is 1.30 bits per heavy atom. The molecule has 2 N–H and O–H groups in total. The summed E-state index contributed by atoms with van der Waals surface area (Å²) in [6.07, 6.45) is -2.84. The average molecular weight is 451 g/mol. The second-order valence-corrected chi connectivity index (χ2v) is 9.14. The highest BCUT2D eigenvalue weighted by atomic mass is 32.2. The summed E-state index contributed by atoms with van der Waals surface area (Å²) in [5.41, 5.74) is -1.07. The summed E-state index contributed by atoms with van der Waals surface area (Å²) >= 11 is 0. The van der Waals surface area contributed by atoms with Crippen molar-refractivity contribution in [3.63, 3.8) is 0 Å². The van der Waals surface area contributed by atoms with Crippen LogP contribution in [-0.4, -0.2) is 40.1 Å². The Morgan fingerprint density at radius 3 is 2.40 bits per heavy atom. The standard InChI is InChI=1S/C17H17F4N3O5S/c1-16(15(26)23-27,30(2,28)29)5-6-24-9-12(18)11(7-14(24)25)10-3-4-13(22-8-10)17(19,20)21/h3-4,7-9,27H,5-6H2,1-2H3,(H,23,26). The highest BCUT2D eigenvalue weighted by Crippen LogP contribution is 2.29. The molecule has 1 amide bonds. The van der Waals surface area contributed by atoms with Crippen LogP contribution < -0.4 is 11.0 Å². The summed E-state index contributed by atoms with van der Waals surface area (Å²) in [7, 11) is -4.02. The second kappa shape index (κ2) is 8.14. The molecule has 2 rings (SSSR count). The number of nitrogens with zero attached hydrogens (tertiary/aromatic N) is 2. The van der Waals surface area contributed by atoms with Crippen molar-refractivity contribution in [3.8, 4) is 11.1 Å². The number of sulfone groups is 1. The molecule has 0 bridgehead atoms. The van der Waals surface area contributed by atoms with Crippen LogP contribution in [0.2, 0.25) is 0 Å². The fraction of sp³-hybridized carbons (Fsp3) is 0.353. The number of carbonyl (C=O) groups is 1. The minimum Gasteiger partial charge on any atom is -0.312 e. The Kier molecular flexibility index (Phi) is 6.37. The number of alkyl halides is 3. The van der Waals surface area contributed by atoms with Gasteiger partial charge in [0.25, 0.3) is 11.5 Å². The molecule has 0 aliphatic rings. The smallest absolute Gasteiger partial charge is 0.312 e. The maximum atomic E-state index is 14.5. The van der Waals surface area contributed by atoms with Crippen molar-refractivity contribution in [1.82, 2.24) is 15.0 Å². The molecule has 0 saturated heterocycles. The van der Waals surface area contributed by atoms with E-state index in [4.69, 9.17) is 5.21 Å². The first kappa shape index (κ1) is 23.5. The molecule has 164 valence electrons. The Balaban J connectivity index is 2.35. The first-order chi connectivity index (χ1) is 13.7. The average Bonchev–Trinajstić information content (AvgIpc) is 2.65. The fourth-order valence-electron chi connectivity index (χ4n) is 2.58. The van der Waals surface area contributed by atoms with Gasteiger partial charge in [0.2, 0.25) is 0 Å². The fourth-order valence-corrected chi connectivity index (χ4v) is 3.43. The van der Waals surface area contributed by atoms with Gasteiger partial charge in [-0.05, 0) is 19.4 Å². The molecule has 8 nitrogen and oxygen atoms in total. The van der Waals surface area contributed by atoms with Gasteiger partial charge in [-0.15, -0.1) is 0 Å². The summed E-state index contributed by atoms with van der Waals surface area (Å²) in [6, 6.07) is 2.43. The zero-order chi connectivity index (χ0) is 22.9. The van der Waals surface area contributed by atoms with Crippen molar-refractivity contribution in [2.24, 2.45) is 0 Å². The van der Waals surface area contributed by atoms with E-state index in [1.54, 1.807) is 0 Å². The number of carbonyl (C=O) groups excluding carboxylic acids is 1. The van der Waals surface area contributed by atoms with Crippen LogP contribution in [0.5, 0.6) is 0 Å². The minimum atomic E-state index is -4.67. The maximum Gasteiger partial charge on any atom is 0.433 e. The molecule has 1 atom stereocenters. The van der Waals surface area contributed by atoms with Gasteiger partial charge >= 0.3 is 6.18 Å². The molecule has 2 heterocycles. The van der Waals surface area contributed by atoms with E-state index in [1.165, 1.54) is 5.48 Å². The highest BCUT2D eigenvalue weighted by molar-refractivity contribution is 7.92. The van der Waals surface area contributed by atoms with Crippen molar-refractivity contribution in [1.29, 1.82) is 0 Å². The van der Waals surface area contributed by atoms with Gasteiger partial charge in [0.05, 0.1) is 0 Å². The van der Waals surface area contributed by atoms with Gasteiger partial charge in [-0.2, -0.15) is 13.2 Å². The lowest BCUT2D eigenvalue weighted by molar-refractivity contribution is -0.141. The molecule has 2 aromatic rings. The minimum absolute atomic E-state index is 0.0645. The number of hydrogen-bond donors (Lipinski definition) is 2. The van der Waals surface area contributed by atoms with E-state index < -0.39 is 56.7 Å². The third-order valence-electron chi connectivity index (χ3n) is 4.67. The maximum absolute atomic E-state index is 14.5. The first-order valence-electron chi connectivity index (χ1n) is 8.28. The summed E-state index contributed by atoms with van der Waals surface area (Å²) < 4.78 is 74.9. The molecular weight excluding hydrogens is 434 g/mol. The van der Waals surface area contributed by atoms with Crippen LogP contribution in [-0.2, 0) is 27.4 Å². The summed E-state index contributed by atoms with van der Waals surface area (Å²) in [6.45, 7) is 0.649. The van der Waals surface area contributed by atoms with E-state index in [-0.39, 0.29) is 11.1 Å². The van der Waals surface area contributed by atoms with Crippen molar-refractivity contribution in [2.45, 2.75) is 30.8 Å². The second-order valence-electron chi connectivity index (χ2n) is 6.69. The van der Waals surface area contributed by atoms with Gasteiger partial charge in [-0.1, -0.05) is 6.07 Å². The van der Waals surface area contributed by atoms with Gasteiger partial charge in [0.1, 0.15) is 11.5 Å². The van der Waals surface area contributed by atoms with E-state index in [0.717, 1.165) is 42.3 Å². The van der Waals surface area contributed by atoms with E-state index in [2.05, 4.69) is 4.98 Å². The number of halogens is 4. The molecule has 0 radical (unpaired) electrons. The lowest BCUT2D eigenvalue weighted by atomic mass is 10.1. The highest BCUT2D eigenvalue weighted by Gasteiger charge is 2.43.